The van der Waals surface area contributed by atoms with Crippen LogP contribution in [0, 0.1) is 6.92 Å². The van der Waals surface area contributed by atoms with Gasteiger partial charge in [0.1, 0.15) is 0 Å². The Morgan fingerprint density at radius 3 is 2.81 bits per heavy atom. The van der Waals surface area contributed by atoms with Crippen LogP contribution in [0.1, 0.15) is 25.3 Å². The second-order valence-corrected chi connectivity index (χ2v) is 4.76. The van der Waals surface area contributed by atoms with Crippen LogP contribution in [0.4, 0.5) is 5.69 Å². The van der Waals surface area contributed by atoms with Crippen LogP contribution in [-0.4, -0.2) is 11.9 Å². The van der Waals surface area contributed by atoms with Crippen molar-refractivity contribution in [3.63, 3.8) is 0 Å². The normalized spacial score (nSPS) is 12.2. The Morgan fingerprint density at radius 1 is 1.56 bits per heavy atom. The molecule has 3 N–H and O–H groups in total. The Balaban J connectivity index is 2.69. The summed E-state index contributed by atoms with van der Waals surface area (Å²) in [7, 11) is 0. The lowest BCUT2D eigenvalue weighted by atomic mass is 10.1. The summed E-state index contributed by atoms with van der Waals surface area (Å²) >= 11 is 3.38. The van der Waals surface area contributed by atoms with Gasteiger partial charge in [-0.25, -0.2) is 0 Å². The maximum Gasteiger partial charge on any atom is 0.241 e. The average molecular weight is 285 g/mol. The van der Waals surface area contributed by atoms with E-state index in [0.29, 0.717) is 6.42 Å². The molecular weight excluding hydrogens is 268 g/mol. The molecule has 0 aliphatic rings. The smallest absolute Gasteiger partial charge is 0.241 e. The predicted octanol–water partition coefficient (Wildman–Crippen LogP) is 2.82. The molecule has 0 aliphatic carbocycles. The molecule has 1 aromatic rings. The first-order valence-electron chi connectivity index (χ1n) is 5.37. The molecule has 1 aromatic carbocycles. The maximum atomic E-state index is 11.7. The minimum Gasteiger partial charge on any atom is -0.324 e. The molecule has 0 aromatic heterocycles. The summed E-state index contributed by atoms with van der Waals surface area (Å²) < 4.78 is 1.00. The van der Waals surface area contributed by atoms with Gasteiger partial charge in [-0.15, -0.1) is 0 Å². The molecule has 0 fully saturated rings. The lowest BCUT2D eigenvalue weighted by molar-refractivity contribution is -0.117. The second kappa shape index (κ2) is 6.01. The monoisotopic (exact) mass is 284 g/mol. The molecule has 1 amide bonds. The van der Waals surface area contributed by atoms with E-state index in [1.807, 2.05) is 32.0 Å². The number of rotatable bonds is 4. The number of benzene rings is 1. The second-order valence-electron chi connectivity index (χ2n) is 3.84. The SMILES string of the molecule is CCCC(N)C(=O)Nc1ccc(Br)cc1C. The molecule has 0 radical (unpaired) electrons. The molecule has 1 atom stereocenters. The van der Waals surface area contributed by atoms with Crippen LogP contribution in [-0.2, 0) is 4.79 Å². The highest BCUT2D eigenvalue weighted by Crippen LogP contribution is 2.20. The van der Waals surface area contributed by atoms with Crippen LogP contribution in [0.2, 0.25) is 0 Å². The van der Waals surface area contributed by atoms with E-state index in [1.165, 1.54) is 0 Å². The molecule has 0 heterocycles. The van der Waals surface area contributed by atoms with Crippen LogP contribution in [0.25, 0.3) is 0 Å². The molecule has 0 aliphatic heterocycles. The van der Waals surface area contributed by atoms with Crippen molar-refractivity contribution < 1.29 is 4.79 Å². The number of halogens is 1. The van der Waals surface area contributed by atoms with Crippen molar-refractivity contribution in [3.8, 4) is 0 Å². The standard InChI is InChI=1S/C12H17BrN2O/c1-3-4-10(14)12(16)15-11-6-5-9(13)7-8(11)2/h5-7,10H,3-4,14H2,1-2H3,(H,15,16). The summed E-state index contributed by atoms with van der Waals surface area (Å²) in [6, 6.07) is 5.30. The van der Waals surface area contributed by atoms with Crippen molar-refractivity contribution in [2.45, 2.75) is 32.7 Å². The minimum absolute atomic E-state index is 0.118. The van der Waals surface area contributed by atoms with Gasteiger partial charge in [-0.05, 0) is 37.1 Å². The van der Waals surface area contributed by atoms with E-state index < -0.39 is 6.04 Å². The molecular formula is C12H17BrN2O. The summed E-state index contributed by atoms with van der Waals surface area (Å²) in [6.07, 6.45) is 1.62. The van der Waals surface area contributed by atoms with E-state index in [9.17, 15) is 4.79 Å². The molecule has 88 valence electrons. The van der Waals surface area contributed by atoms with E-state index in [2.05, 4.69) is 21.2 Å². The average Bonchev–Trinajstić information content (AvgIpc) is 2.22. The van der Waals surface area contributed by atoms with Gasteiger partial charge in [0.15, 0.2) is 0 Å². The van der Waals surface area contributed by atoms with Gasteiger partial charge in [-0.2, -0.15) is 0 Å². The molecule has 0 saturated heterocycles. The Morgan fingerprint density at radius 2 is 2.25 bits per heavy atom. The first-order valence-corrected chi connectivity index (χ1v) is 6.16. The molecule has 16 heavy (non-hydrogen) atoms. The van der Waals surface area contributed by atoms with Gasteiger partial charge in [-0.3, -0.25) is 4.79 Å². The lowest BCUT2D eigenvalue weighted by Gasteiger charge is -2.13. The highest BCUT2D eigenvalue weighted by Gasteiger charge is 2.13. The van der Waals surface area contributed by atoms with E-state index in [1.54, 1.807) is 0 Å². The quantitative estimate of drug-likeness (QED) is 0.893. The van der Waals surface area contributed by atoms with Crippen molar-refractivity contribution in [2.75, 3.05) is 5.32 Å². The summed E-state index contributed by atoms with van der Waals surface area (Å²) in [4.78, 5) is 11.7. The van der Waals surface area contributed by atoms with Crippen molar-refractivity contribution in [3.05, 3.63) is 28.2 Å². The molecule has 3 nitrogen and oxygen atoms in total. The number of anilines is 1. The van der Waals surface area contributed by atoms with E-state index in [4.69, 9.17) is 5.73 Å². The molecule has 1 unspecified atom stereocenters. The largest absolute Gasteiger partial charge is 0.324 e. The van der Waals surface area contributed by atoms with E-state index >= 15 is 0 Å². The van der Waals surface area contributed by atoms with Gasteiger partial charge in [0.2, 0.25) is 5.91 Å². The number of nitrogens with one attached hydrogen (secondary N) is 1. The van der Waals surface area contributed by atoms with Gasteiger partial charge in [-0.1, -0.05) is 29.3 Å². The molecule has 0 saturated carbocycles. The number of hydrogen-bond acceptors (Lipinski definition) is 2. The van der Waals surface area contributed by atoms with Crippen LogP contribution >= 0.6 is 15.9 Å². The zero-order valence-electron chi connectivity index (χ0n) is 9.59. The van der Waals surface area contributed by atoms with E-state index in [-0.39, 0.29) is 5.91 Å². The predicted molar refractivity (Wildman–Crippen MR) is 70.4 cm³/mol. The Kier molecular flexibility index (Phi) is 4.96. The lowest BCUT2D eigenvalue weighted by Crippen LogP contribution is -2.35. The van der Waals surface area contributed by atoms with Crippen LogP contribution < -0.4 is 11.1 Å². The Hall–Kier alpha value is -0.870. The summed E-state index contributed by atoms with van der Waals surface area (Å²) in [5.41, 5.74) is 7.57. The van der Waals surface area contributed by atoms with Crippen molar-refractivity contribution in [1.29, 1.82) is 0 Å². The van der Waals surface area contributed by atoms with Crippen molar-refractivity contribution in [2.24, 2.45) is 5.73 Å². The fourth-order valence-electron chi connectivity index (χ4n) is 1.43. The van der Waals surface area contributed by atoms with Gasteiger partial charge in [0.25, 0.3) is 0 Å². The zero-order chi connectivity index (χ0) is 12.1. The van der Waals surface area contributed by atoms with E-state index in [0.717, 1.165) is 22.1 Å². The molecule has 1 rings (SSSR count). The van der Waals surface area contributed by atoms with Crippen LogP contribution in [0.15, 0.2) is 22.7 Å². The Labute approximate surface area is 105 Å². The molecule has 0 bridgehead atoms. The zero-order valence-corrected chi connectivity index (χ0v) is 11.2. The third-order valence-electron chi connectivity index (χ3n) is 2.38. The third kappa shape index (κ3) is 3.61. The third-order valence-corrected chi connectivity index (χ3v) is 2.88. The van der Waals surface area contributed by atoms with Crippen molar-refractivity contribution in [1.82, 2.24) is 0 Å². The number of carbonyl (C=O) groups excluding carboxylic acids is 1. The highest BCUT2D eigenvalue weighted by molar-refractivity contribution is 9.10. The van der Waals surface area contributed by atoms with Crippen molar-refractivity contribution >= 4 is 27.5 Å². The maximum absolute atomic E-state index is 11.7. The van der Waals surface area contributed by atoms with Gasteiger partial charge in [0, 0.05) is 10.2 Å². The number of amides is 1. The van der Waals surface area contributed by atoms with Crippen LogP contribution in [0.5, 0.6) is 0 Å². The van der Waals surface area contributed by atoms with Gasteiger partial charge >= 0.3 is 0 Å². The molecule has 4 heteroatoms. The Bertz CT molecular complexity index is 379. The topological polar surface area (TPSA) is 55.1 Å². The van der Waals surface area contributed by atoms with Gasteiger partial charge < -0.3 is 11.1 Å². The minimum atomic E-state index is -0.423. The highest BCUT2D eigenvalue weighted by atomic mass is 79.9. The fraction of sp³-hybridized carbons (Fsp3) is 0.417. The fourth-order valence-corrected chi connectivity index (χ4v) is 1.91. The first kappa shape index (κ1) is 13.2. The summed E-state index contributed by atoms with van der Waals surface area (Å²) in [5, 5.41) is 2.84. The number of nitrogens with two attached hydrogens (primary N) is 1. The molecule has 0 spiro atoms. The summed E-state index contributed by atoms with van der Waals surface area (Å²) in [6.45, 7) is 3.96. The number of carbonyl (C=O) groups is 1. The van der Waals surface area contributed by atoms with Gasteiger partial charge in [0.05, 0.1) is 6.04 Å². The first-order chi connectivity index (χ1) is 7.54. The number of hydrogen-bond donors (Lipinski definition) is 2. The van der Waals surface area contributed by atoms with Crippen LogP contribution in [0.3, 0.4) is 0 Å². The summed E-state index contributed by atoms with van der Waals surface area (Å²) in [5.74, 6) is -0.118. The number of aryl methyl sites for hydroxylation is 1.